The van der Waals surface area contributed by atoms with Gasteiger partial charge in [0, 0.05) is 24.8 Å². The maximum Gasteiger partial charge on any atom is 0.329 e. The van der Waals surface area contributed by atoms with Gasteiger partial charge >= 0.3 is 11.8 Å². The summed E-state index contributed by atoms with van der Waals surface area (Å²) in [5.74, 6) is -1.37. The van der Waals surface area contributed by atoms with Crippen LogP contribution in [0.4, 0.5) is 5.69 Å². The lowest BCUT2D eigenvalue weighted by Crippen LogP contribution is -2.38. The van der Waals surface area contributed by atoms with Gasteiger partial charge in [-0.3, -0.25) is 9.59 Å². The van der Waals surface area contributed by atoms with Gasteiger partial charge in [-0.05, 0) is 30.5 Å². The van der Waals surface area contributed by atoms with E-state index in [9.17, 15) is 9.59 Å². The van der Waals surface area contributed by atoms with E-state index in [0.717, 1.165) is 50.4 Å². The van der Waals surface area contributed by atoms with E-state index < -0.39 is 11.8 Å². The van der Waals surface area contributed by atoms with Crippen LogP contribution in [0, 0.1) is 0 Å². The molecule has 1 heterocycles. The second-order valence-electron chi connectivity index (χ2n) is 5.64. The van der Waals surface area contributed by atoms with Crippen molar-refractivity contribution in [2.45, 2.75) is 18.9 Å². The highest BCUT2D eigenvalue weighted by Gasteiger charge is 2.26. The Labute approximate surface area is 134 Å². The number of morpholine rings is 1. The topological polar surface area (TPSA) is 83.0 Å². The smallest absolute Gasteiger partial charge is 0.329 e. The van der Waals surface area contributed by atoms with Gasteiger partial charge in [0.2, 0.25) is 0 Å². The second kappa shape index (κ2) is 7.23. The zero-order valence-electron chi connectivity index (χ0n) is 12.8. The van der Waals surface area contributed by atoms with Crippen LogP contribution < -0.4 is 15.6 Å². The Morgan fingerprint density at radius 2 is 1.83 bits per heavy atom. The Bertz CT molecular complexity index is 590. The Kier molecular flexibility index (Phi) is 4.87. The number of carbonyl (C=O) groups excluding carboxylic acids is 2. The maximum atomic E-state index is 11.5. The second-order valence-corrected chi connectivity index (χ2v) is 5.64. The van der Waals surface area contributed by atoms with Crippen molar-refractivity contribution in [3.63, 3.8) is 0 Å². The van der Waals surface area contributed by atoms with E-state index in [4.69, 9.17) is 4.74 Å². The van der Waals surface area contributed by atoms with Gasteiger partial charge in [0.15, 0.2) is 0 Å². The maximum absolute atomic E-state index is 11.5. The summed E-state index contributed by atoms with van der Waals surface area (Å²) in [6.07, 6.45) is 3.40. The number of benzene rings is 1. The number of carbonyl (C=O) groups is 2. The minimum atomic E-state index is -0.738. The van der Waals surface area contributed by atoms with E-state index in [2.05, 4.69) is 20.7 Å². The summed E-state index contributed by atoms with van der Waals surface area (Å²) in [6, 6.07) is 8.02. The van der Waals surface area contributed by atoms with E-state index in [1.54, 1.807) is 0 Å². The van der Waals surface area contributed by atoms with Gasteiger partial charge in [0.25, 0.3) is 0 Å². The van der Waals surface area contributed by atoms with Crippen LogP contribution in [0.25, 0.3) is 0 Å². The summed E-state index contributed by atoms with van der Waals surface area (Å²) in [6.45, 7) is 3.27. The summed E-state index contributed by atoms with van der Waals surface area (Å²) in [5.41, 5.74) is 4.22. The van der Waals surface area contributed by atoms with Crippen LogP contribution in [0.3, 0.4) is 0 Å². The molecule has 7 nitrogen and oxygen atoms in total. The Balaban J connectivity index is 1.48. The molecule has 0 bridgehead atoms. The van der Waals surface area contributed by atoms with Crippen molar-refractivity contribution in [1.82, 2.24) is 10.7 Å². The average Bonchev–Trinajstić information content (AvgIpc) is 3.40. The van der Waals surface area contributed by atoms with Crippen molar-refractivity contribution < 1.29 is 14.3 Å². The van der Waals surface area contributed by atoms with Gasteiger partial charge in [-0.25, -0.2) is 5.43 Å². The number of amides is 2. The predicted molar refractivity (Wildman–Crippen MR) is 86.4 cm³/mol. The number of hydrazone groups is 1. The first kappa shape index (κ1) is 15.5. The lowest BCUT2D eigenvalue weighted by Gasteiger charge is -2.28. The molecule has 3 rings (SSSR count). The molecule has 122 valence electrons. The van der Waals surface area contributed by atoms with Crippen molar-refractivity contribution in [2.75, 3.05) is 31.2 Å². The first-order chi connectivity index (χ1) is 11.2. The molecule has 1 saturated carbocycles. The molecule has 1 aromatic carbocycles. The molecule has 1 aliphatic heterocycles. The zero-order valence-corrected chi connectivity index (χ0v) is 12.8. The highest BCUT2D eigenvalue weighted by Crippen LogP contribution is 2.18. The number of anilines is 1. The number of rotatable bonds is 4. The molecule has 2 fully saturated rings. The molecule has 0 radical (unpaired) electrons. The van der Waals surface area contributed by atoms with E-state index >= 15 is 0 Å². The standard InChI is InChI=1S/C16H20N4O3/c21-15(18-13-3-4-13)16(22)19-17-11-12-1-5-14(6-2-12)20-7-9-23-10-8-20/h1-2,5-6,11,13H,3-4,7-10H2,(H,18,21)(H,19,22)/b17-11-. The molecule has 0 unspecified atom stereocenters. The molecule has 23 heavy (non-hydrogen) atoms. The summed E-state index contributed by atoms with van der Waals surface area (Å²) in [5, 5.41) is 6.42. The molecular weight excluding hydrogens is 296 g/mol. The normalized spacial score (nSPS) is 18.0. The van der Waals surface area contributed by atoms with Crippen LogP contribution in [0.1, 0.15) is 18.4 Å². The number of ether oxygens (including phenoxy) is 1. The van der Waals surface area contributed by atoms with Crippen LogP contribution in [0.15, 0.2) is 29.4 Å². The van der Waals surface area contributed by atoms with E-state index in [1.165, 1.54) is 6.21 Å². The lowest BCUT2D eigenvalue weighted by atomic mass is 10.2. The van der Waals surface area contributed by atoms with Gasteiger partial charge in [-0.2, -0.15) is 5.10 Å². The van der Waals surface area contributed by atoms with Gasteiger partial charge in [-0.1, -0.05) is 12.1 Å². The summed E-state index contributed by atoms with van der Waals surface area (Å²) >= 11 is 0. The first-order valence-electron chi connectivity index (χ1n) is 7.79. The molecule has 0 spiro atoms. The Morgan fingerprint density at radius 3 is 2.48 bits per heavy atom. The molecule has 2 amide bonds. The molecule has 0 aromatic heterocycles. The lowest BCUT2D eigenvalue weighted by molar-refractivity contribution is -0.139. The van der Waals surface area contributed by atoms with E-state index in [-0.39, 0.29) is 6.04 Å². The van der Waals surface area contributed by atoms with E-state index in [0.29, 0.717) is 0 Å². The van der Waals surface area contributed by atoms with Crippen LogP contribution in [-0.4, -0.2) is 50.4 Å². The number of hydrogen-bond donors (Lipinski definition) is 2. The fourth-order valence-electron chi connectivity index (χ4n) is 2.29. The zero-order chi connectivity index (χ0) is 16.1. The molecule has 2 N–H and O–H groups in total. The molecule has 0 atom stereocenters. The molecule has 2 aliphatic rings. The summed E-state index contributed by atoms with van der Waals surface area (Å²) < 4.78 is 5.33. The van der Waals surface area contributed by atoms with Crippen molar-refractivity contribution in [2.24, 2.45) is 5.10 Å². The predicted octanol–water partition coefficient (Wildman–Crippen LogP) is 0.252. The number of nitrogens with one attached hydrogen (secondary N) is 2. The Morgan fingerprint density at radius 1 is 1.13 bits per heavy atom. The van der Waals surface area contributed by atoms with Gasteiger partial charge in [0.1, 0.15) is 0 Å². The SMILES string of the molecule is O=C(N/N=C\c1ccc(N2CCOCC2)cc1)C(=O)NC1CC1. The third kappa shape index (κ3) is 4.53. The van der Waals surface area contributed by atoms with Crippen molar-refractivity contribution in [1.29, 1.82) is 0 Å². The van der Waals surface area contributed by atoms with Crippen LogP contribution in [0.5, 0.6) is 0 Å². The average molecular weight is 316 g/mol. The first-order valence-corrected chi connectivity index (χ1v) is 7.79. The van der Waals surface area contributed by atoms with Crippen molar-refractivity contribution in [3.8, 4) is 0 Å². The van der Waals surface area contributed by atoms with Crippen LogP contribution in [-0.2, 0) is 14.3 Å². The number of nitrogens with zero attached hydrogens (tertiary/aromatic N) is 2. The Hall–Kier alpha value is -2.41. The third-order valence-electron chi connectivity index (χ3n) is 3.77. The summed E-state index contributed by atoms with van der Waals surface area (Å²) in [7, 11) is 0. The van der Waals surface area contributed by atoms with Crippen LogP contribution >= 0.6 is 0 Å². The third-order valence-corrected chi connectivity index (χ3v) is 3.77. The van der Waals surface area contributed by atoms with Crippen LogP contribution in [0.2, 0.25) is 0 Å². The molecule has 1 aromatic rings. The monoisotopic (exact) mass is 316 g/mol. The minimum Gasteiger partial charge on any atom is -0.378 e. The number of hydrogen-bond acceptors (Lipinski definition) is 5. The highest BCUT2D eigenvalue weighted by molar-refractivity contribution is 6.35. The van der Waals surface area contributed by atoms with Gasteiger partial charge in [-0.15, -0.1) is 0 Å². The molecular formula is C16H20N4O3. The van der Waals surface area contributed by atoms with Crippen molar-refractivity contribution >= 4 is 23.7 Å². The fourth-order valence-corrected chi connectivity index (χ4v) is 2.29. The fraction of sp³-hybridized carbons (Fsp3) is 0.438. The molecule has 1 aliphatic carbocycles. The highest BCUT2D eigenvalue weighted by atomic mass is 16.5. The van der Waals surface area contributed by atoms with E-state index in [1.807, 2.05) is 24.3 Å². The largest absolute Gasteiger partial charge is 0.378 e. The van der Waals surface area contributed by atoms with Gasteiger partial charge in [0.05, 0.1) is 19.4 Å². The molecule has 7 heteroatoms. The van der Waals surface area contributed by atoms with Gasteiger partial charge < -0.3 is 15.0 Å². The van der Waals surface area contributed by atoms with Crippen molar-refractivity contribution in [3.05, 3.63) is 29.8 Å². The summed E-state index contributed by atoms with van der Waals surface area (Å²) in [4.78, 5) is 25.2. The quantitative estimate of drug-likeness (QED) is 0.474. The minimum absolute atomic E-state index is 0.157. The molecule has 1 saturated heterocycles.